The van der Waals surface area contributed by atoms with Gasteiger partial charge in [0.15, 0.2) is 5.69 Å². The van der Waals surface area contributed by atoms with E-state index in [0.29, 0.717) is 23.5 Å². The SMILES string of the molecule is Cc1ccc(-n2nc(C(F)(F)F)cc2-c2cc[c-]cc2)cc1.[CH2-]CNC(C)=O.[U+2]. The van der Waals surface area contributed by atoms with E-state index < -0.39 is 11.9 Å². The molecule has 1 aromatic heterocycles. The van der Waals surface area contributed by atoms with Crippen LogP contribution in [-0.4, -0.2) is 22.2 Å². The summed E-state index contributed by atoms with van der Waals surface area (Å²) in [7, 11) is 0. The van der Waals surface area contributed by atoms with Crippen LogP contribution in [0.25, 0.3) is 16.9 Å². The van der Waals surface area contributed by atoms with Gasteiger partial charge in [0.25, 0.3) is 0 Å². The van der Waals surface area contributed by atoms with Crippen LogP contribution in [-0.2, 0) is 11.0 Å². The van der Waals surface area contributed by atoms with E-state index >= 15 is 0 Å². The van der Waals surface area contributed by atoms with Gasteiger partial charge in [-0.1, -0.05) is 17.7 Å². The first-order chi connectivity index (χ1) is 13.2. The molecule has 2 aromatic carbocycles. The van der Waals surface area contributed by atoms with Gasteiger partial charge in [-0.05, 0) is 25.1 Å². The third-order valence-corrected chi connectivity index (χ3v) is 3.67. The molecule has 1 heterocycles. The first-order valence-electron chi connectivity index (χ1n) is 8.47. The smallest absolute Gasteiger partial charge is 0.386 e. The monoisotopic (exact) mass is 625 g/mol. The second-order valence-electron chi connectivity index (χ2n) is 5.93. The molecule has 4 nitrogen and oxygen atoms in total. The Hall–Kier alpha value is -2.04. The van der Waals surface area contributed by atoms with Gasteiger partial charge in [0.2, 0.25) is 5.91 Å². The Balaban J connectivity index is 0.000000529. The Kier molecular flexibility index (Phi) is 9.68. The molecule has 29 heavy (non-hydrogen) atoms. The molecule has 0 saturated carbocycles. The molecular weight excluding hydrogens is 605 g/mol. The Morgan fingerprint density at radius 2 is 1.76 bits per heavy atom. The average Bonchev–Trinajstić information content (AvgIpc) is 3.09. The maximum Gasteiger partial charge on any atom is 2.00 e. The summed E-state index contributed by atoms with van der Waals surface area (Å²) in [4.78, 5) is 9.89. The molecule has 0 saturated heterocycles. The minimum Gasteiger partial charge on any atom is -0.386 e. The second-order valence-corrected chi connectivity index (χ2v) is 5.93. The van der Waals surface area contributed by atoms with Crippen LogP contribution in [0.1, 0.15) is 18.2 Å². The summed E-state index contributed by atoms with van der Waals surface area (Å²) in [5.41, 5.74) is 1.76. The van der Waals surface area contributed by atoms with Crippen LogP contribution < -0.4 is 5.32 Å². The number of nitrogens with zero attached hydrogens (tertiary/aromatic N) is 2. The van der Waals surface area contributed by atoms with E-state index in [1.54, 1.807) is 36.4 Å². The largest absolute Gasteiger partial charge is 2.00 e. The van der Waals surface area contributed by atoms with Crippen LogP contribution in [0.2, 0.25) is 0 Å². The van der Waals surface area contributed by atoms with Gasteiger partial charge in [0.1, 0.15) is 0 Å². The number of aryl methyl sites for hydroxylation is 1. The summed E-state index contributed by atoms with van der Waals surface area (Å²) in [5, 5.41) is 6.20. The molecular formula is C21H20F3N3OU. The van der Waals surface area contributed by atoms with E-state index in [0.717, 1.165) is 11.6 Å². The number of carbonyl (C=O) groups excluding carboxylic acids is 1. The number of carbonyl (C=O) groups is 1. The standard InChI is InChI=1S/C17H12F3N2.C4H8NO.U/c1-12-7-9-14(10-8-12)22-15(13-5-3-2-4-6-13)11-16(21-22)17(18,19)20;1-3-5-4(2)6;/h3-11H,1H3;1,3H2,2H3,(H,5,6);/q2*-1;+2. The zero-order valence-corrected chi connectivity index (χ0v) is 20.2. The summed E-state index contributed by atoms with van der Waals surface area (Å²) in [6.45, 7) is 7.26. The molecule has 3 rings (SSSR count). The quantitative estimate of drug-likeness (QED) is 0.432. The fraction of sp³-hybridized carbons (Fsp3) is 0.190. The number of halogens is 3. The van der Waals surface area contributed by atoms with Crippen molar-refractivity contribution in [3.8, 4) is 16.9 Å². The number of hydrogen-bond acceptors (Lipinski definition) is 2. The van der Waals surface area contributed by atoms with Gasteiger partial charge in [0.05, 0.1) is 11.4 Å². The molecule has 150 valence electrons. The molecule has 0 fully saturated rings. The molecule has 0 spiro atoms. The first-order valence-corrected chi connectivity index (χ1v) is 8.47. The maximum absolute atomic E-state index is 13.0. The summed E-state index contributed by atoms with van der Waals surface area (Å²) in [6.07, 6.45) is -4.48. The van der Waals surface area contributed by atoms with Gasteiger partial charge >= 0.3 is 37.3 Å². The predicted octanol–water partition coefficient (Wildman–Crippen LogP) is 4.62. The van der Waals surface area contributed by atoms with Crippen molar-refractivity contribution in [2.24, 2.45) is 0 Å². The van der Waals surface area contributed by atoms with Crippen LogP contribution in [0.4, 0.5) is 13.2 Å². The number of amides is 1. The van der Waals surface area contributed by atoms with Gasteiger partial charge in [-0.2, -0.15) is 48.6 Å². The van der Waals surface area contributed by atoms with Crippen LogP contribution in [0.5, 0.6) is 0 Å². The van der Waals surface area contributed by atoms with Crippen molar-refractivity contribution < 1.29 is 49.1 Å². The Morgan fingerprint density at radius 1 is 1.17 bits per heavy atom. The van der Waals surface area contributed by atoms with Crippen molar-refractivity contribution >= 4 is 5.91 Å². The fourth-order valence-corrected chi connectivity index (χ4v) is 2.34. The van der Waals surface area contributed by atoms with Gasteiger partial charge in [-0.15, -0.1) is 12.1 Å². The van der Waals surface area contributed by atoms with E-state index in [1.807, 2.05) is 19.1 Å². The molecule has 0 bridgehead atoms. The van der Waals surface area contributed by atoms with E-state index in [9.17, 15) is 18.0 Å². The van der Waals surface area contributed by atoms with Crippen LogP contribution in [0.15, 0.2) is 54.6 Å². The number of benzene rings is 2. The summed E-state index contributed by atoms with van der Waals surface area (Å²) >= 11 is 0. The summed E-state index contributed by atoms with van der Waals surface area (Å²) < 4.78 is 40.3. The van der Waals surface area contributed by atoms with Crippen molar-refractivity contribution in [2.75, 3.05) is 6.54 Å². The number of hydrogen-bond donors (Lipinski definition) is 1. The molecule has 0 atom stereocenters. The van der Waals surface area contributed by atoms with E-state index in [4.69, 9.17) is 0 Å². The molecule has 1 N–H and O–H groups in total. The van der Waals surface area contributed by atoms with Gasteiger partial charge in [-0.25, -0.2) is 4.68 Å². The topological polar surface area (TPSA) is 46.9 Å². The van der Waals surface area contributed by atoms with Gasteiger partial charge < -0.3 is 12.2 Å². The Bertz CT molecular complexity index is 907. The minimum atomic E-state index is -4.48. The number of alkyl halides is 3. The van der Waals surface area contributed by atoms with Crippen LogP contribution >= 0.6 is 0 Å². The molecule has 3 aromatic rings. The molecule has 0 aliphatic rings. The third-order valence-electron chi connectivity index (χ3n) is 3.67. The predicted molar refractivity (Wildman–Crippen MR) is 102 cm³/mol. The fourth-order valence-electron chi connectivity index (χ4n) is 2.34. The van der Waals surface area contributed by atoms with E-state index in [-0.39, 0.29) is 37.0 Å². The number of rotatable bonds is 3. The minimum absolute atomic E-state index is 0. The van der Waals surface area contributed by atoms with Crippen molar-refractivity contribution in [1.29, 1.82) is 0 Å². The molecule has 0 aliphatic carbocycles. The second kappa shape index (κ2) is 11.2. The van der Waals surface area contributed by atoms with E-state index in [2.05, 4.69) is 23.4 Å². The Morgan fingerprint density at radius 3 is 2.21 bits per heavy atom. The first kappa shape index (κ1) is 25.0. The molecule has 0 unspecified atom stereocenters. The third kappa shape index (κ3) is 7.37. The van der Waals surface area contributed by atoms with Crippen molar-refractivity contribution in [3.05, 3.63) is 78.8 Å². The normalized spacial score (nSPS) is 10.4. The summed E-state index contributed by atoms with van der Waals surface area (Å²) in [5.74, 6) is -0.0231. The number of aromatic nitrogens is 2. The van der Waals surface area contributed by atoms with Crippen molar-refractivity contribution in [2.45, 2.75) is 20.0 Å². The van der Waals surface area contributed by atoms with Gasteiger partial charge in [-0.3, -0.25) is 4.79 Å². The molecule has 0 aliphatic heterocycles. The molecule has 1 amide bonds. The maximum atomic E-state index is 13.0. The number of nitrogens with one attached hydrogen (secondary N) is 1. The Labute approximate surface area is 191 Å². The van der Waals surface area contributed by atoms with Crippen LogP contribution in [0.3, 0.4) is 0 Å². The zero-order valence-electron chi connectivity index (χ0n) is 16.0. The zero-order chi connectivity index (χ0) is 20.7. The van der Waals surface area contributed by atoms with E-state index in [1.165, 1.54) is 11.6 Å². The molecule has 8 heteroatoms. The van der Waals surface area contributed by atoms with Crippen molar-refractivity contribution in [1.82, 2.24) is 15.1 Å². The molecule has 0 radical (unpaired) electrons. The van der Waals surface area contributed by atoms with Crippen molar-refractivity contribution in [3.63, 3.8) is 0 Å². The van der Waals surface area contributed by atoms with Gasteiger partial charge in [0, 0.05) is 6.92 Å². The average molecular weight is 625 g/mol. The van der Waals surface area contributed by atoms with Crippen LogP contribution in [0, 0.1) is 51.0 Å². The summed E-state index contributed by atoms with van der Waals surface area (Å²) in [6, 6.07) is 17.8.